The lowest BCUT2D eigenvalue weighted by Crippen LogP contribution is -2.56. The fraction of sp³-hybridized carbons (Fsp3) is 0.500. The Balaban J connectivity index is 2.29. The zero-order valence-electron chi connectivity index (χ0n) is 11.1. The third kappa shape index (κ3) is 2.76. The van der Waals surface area contributed by atoms with Crippen LogP contribution in [-0.4, -0.2) is 28.9 Å². The summed E-state index contributed by atoms with van der Waals surface area (Å²) in [5.41, 5.74) is 5.72. The van der Waals surface area contributed by atoms with Crippen molar-refractivity contribution in [1.82, 2.24) is 4.90 Å². The highest BCUT2D eigenvalue weighted by atomic mass is 19.2. The van der Waals surface area contributed by atoms with Gasteiger partial charge in [0.15, 0.2) is 11.6 Å². The van der Waals surface area contributed by atoms with E-state index in [1.165, 1.54) is 6.07 Å². The molecule has 0 spiro atoms. The van der Waals surface area contributed by atoms with Crippen molar-refractivity contribution in [2.24, 2.45) is 5.73 Å². The Morgan fingerprint density at radius 3 is 2.68 bits per heavy atom. The van der Waals surface area contributed by atoms with Gasteiger partial charge >= 0.3 is 0 Å². The van der Waals surface area contributed by atoms with E-state index >= 15 is 0 Å². The summed E-state index contributed by atoms with van der Waals surface area (Å²) < 4.78 is 26.1. The smallest absolute Gasteiger partial charge is 0.254 e. The van der Waals surface area contributed by atoms with E-state index in [2.05, 4.69) is 0 Å². The molecular formula is C14H18F2N2O. The quantitative estimate of drug-likeness (QED) is 0.849. The third-order valence-electron chi connectivity index (χ3n) is 3.69. The summed E-state index contributed by atoms with van der Waals surface area (Å²) in [6, 6.07) is 3.15. The molecule has 0 aliphatic carbocycles. The number of piperidine rings is 1. The summed E-state index contributed by atoms with van der Waals surface area (Å²) in [5.74, 6) is -2.27. The van der Waals surface area contributed by atoms with Crippen molar-refractivity contribution in [3.63, 3.8) is 0 Å². The molecule has 1 amide bonds. The molecule has 1 aliphatic heterocycles. The van der Waals surface area contributed by atoms with Crippen molar-refractivity contribution in [1.29, 1.82) is 0 Å². The van der Waals surface area contributed by atoms with Gasteiger partial charge in [-0.25, -0.2) is 8.78 Å². The lowest BCUT2D eigenvalue weighted by atomic mass is 9.87. The molecule has 3 nitrogen and oxygen atoms in total. The number of halogens is 2. The summed E-state index contributed by atoms with van der Waals surface area (Å²) in [7, 11) is 0. The second-order valence-electron chi connectivity index (χ2n) is 5.66. The predicted octanol–water partition coefficient (Wildman–Crippen LogP) is 2.31. The Hall–Kier alpha value is -1.49. The van der Waals surface area contributed by atoms with Crippen LogP contribution in [0.25, 0.3) is 0 Å². The van der Waals surface area contributed by atoms with E-state index < -0.39 is 11.6 Å². The molecule has 1 aromatic carbocycles. The van der Waals surface area contributed by atoms with Crippen LogP contribution in [0.15, 0.2) is 18.2 Å². The van der Waals surface area contributed by atoms with Gasteiger partial charge in [0.2, 0.25) is 0 Å². The van der Waals surface area contributed by atoms with E-state index in [4.69, 9.17) is 5.73 Å². The van der Waals surface area contributed by atoms with Crippen molar-refractivity contribution in [3.05, 3.63) is 35.4 Å². The van der Waals surface area contributed by atoms with Gasteiger partial charge in [0.25, 0.3) is 5.91 Å². The molecule has 0 saturated carbocycles. The first-order valence-corrected chi connectivity index (χ1v) is 6.34. The molecule has 1 unspecified atom stereocenters. The first-order chi connectivity index (χ1) is 8.81. The maximum absolute atomic E-state index is 13.2. The van der Waals surface area contributed by atoms with Crippen molar-refractivity contribution < 1.29 is 13.6 Å². The number of hydrogen-bond donors (Lipinski definition) is 1. The number of nitrogens with zero attached hydrogens (tertiary/aromatic N) is 1. The lowest BCUT2D eigenvalue weighted by molar-refractivity contribution is 0.0394. The Bertz CT molecular complexity index is 502. The molecule has 1 fully saturated rings. The van der Waals surface area contributed by atoms with Gasteiger partial charge in [-0.1, -0.05) is 0 Å². The second-order valence-corrected chi connectivity index (χ2v) is 5.66. The van der Waals surface area contributed by atoms with Crippen LogP contribution in [0.4, 0.5) is 8.78 Å². The third-order valence-corrected chi connectivity index (χ3v) is 3.69. The number of likely N-dealkylation sites (tertiary alicyclic amines) is 1. The molecule has 0 radical (unpaired) electrons. The molecule has 1 aromatic rings. The standard InChI is InChI=1S/C14H18F2N2O/c1-14(2)6-5-10(17)8-18(14)13(19)9-3-4-11(15)12(16)7-9/h3-4,7,10H,5-6,8,17H2,1-2H3. The van der Waals surface area contributed by atoms with Crippen LogP contribution in [0.3, 0.4) is 0 Å². The summed E-state index contributed by atoms with van der Waals surface area (Å²) in [6.45, 7) is 4.35. The molecule has 19 heavy (non-hydrogen) atoms. The maximum Gasteiger partial charge on any atom is 0.254 e. The molecule has 2 N–H and O–H groups in total. The number of hydrogen-bond acceptors (Lipinski definition) is 2. The monoisotopic (exact) mass is 268 g/mol. The molecule has 104 valence electrons. The largest absolute Gasteiger partial charge is 0.332 e. The zero-order chi connectivity index (χ0) is 14.2. The van der Waals surface area contributed by atoms with Crippen LogP contribution in [0.2, 0.25) is 0 Å². The van der Waals surface area contributed by atoms with Crippen LogP contribution in [-0.2, 0) is 0 Å². The van der Waals surface area contributed by atoms with Crippen molar-refractivity contribution in [2.45, 2.75) is 38.3 Å². The van der Waals surface area contributed by atoms with E-state index in [1.54, 1.807) is 4.90 Å². The van der Waals surface area contributed by atoms with E-state index in [0.717, 1.165) is 25.0 Å². The number of amides is 1. The highest BCUT2D eigenvalue weighted by Gasteiger charge is 2.36. The number of rotatable bonds is 1. The normalized spacial score (nSPS) is 22.4. The predicted molar refractivity (Wildman–Crippen MR) is 68.7 cm³/mol. The molecule has 2 rings (SSSR count). The fourth-order valence-electron chi connectivity index (χ4n) is 2.39. The minimum absolute atomic E-state index is 0.0673. The first kappa shape index (κ1) is 13.9. The summed E-state index contributed by atoms with van der Waals surface area (Å²) in [6.07, 6.45) is 1.65. The molecule has 0 aromatic heterocycles. The molecule has 0 bridgehead atoms. The first-order valence-electron chi connectivity index (χ1n) is 6.34. The Labute approximate surface area is 111 Å². The Morgan fingerprint density at radius 2 is 2.05 bits per heavy atom. The number of nitrogens with two attached hydrogens (primary N) is 1. The van der Waals surface area contributed by atoms with Crippen LogP contribution in [0.5, 0.6) is 0 Å². The average Bonchev–Trinajstić information content (AvgIpc) is 2.35. The Kier molecular flexibility index (Phi) is 3.58. The van der Waals surface area contributed by atoms with E-state index in [9.17, 15) is 13.6 Å². The molecule has 1 atom stereocenters. The van der Waals surface area contributed by atoms with E-state index in [0.29, 0.717) is 6.54 Å². The zero-order valence-corrected chi connectivity index (χ0v) is 11.1. The summed E-state index contributed by atoms with van der Waals surface area (Å²) >= 11 is 0. The number of carbonyl (C=O) groups excluding carboxylic acids is 1. The lowest BCUT2D eigenvalue weighted by Gasteiger charge is -2.44. The van der Waals surface area contributed by atoms with Crippen LogP contribution >= 0.6 is 0 Å². The van der Waals surface area contributed by atoms with Gasteiger partial charge in [-0.15, -0.1) is 0 Å². The molecule has 1 heterocycles. The van der Waals surface area contributed by atoms with Gasteiger partial charge < -0.3 is 10.6 Å². The Morgan fingerprint density at radius 1 is 1.37 bits per heavy atom. The van der Waals surface area contributed by atoms with Gasteiger partial charge in [-0.3, -0.25) is 4.79 Å². The average molecular weight is 268 g/mol. The van der Waals surface area contributed by atoms with Gasteiger partial charge in [0, 0.05) is 23.7 Å². The SMILES string of the molecule is CC1(C)CCC(N)CN1C(=O)c1ccc(F)c(F)c1. The molecule has 1 aliphatic rings. The van der Waals surface area contributed by atoms with Crippen molar-refractivity contribution >= 4 is 5.91 Å². The fourth-order valence-corrected chi connectivity index (χ4v) is 2.39. The van der Waals surface area contributed by atoms with Crippen molar-refractivity contribution in [3.8, 4) is 0 Å². The van der Waals surface area contributed by atoms with Gasteiger partial charge in [0.1, 0.15) is 0 Å². The minimum atomic E-state index is -1.01. The highest BCUT2D eigenvalue weighted by Crippen LogP contribution is 2.28. The molecule has 1 saturated heterocycles. The highest BCUT2D eigenvalue weighted by molar-refractivity contribution is 5.94. The summed E-state index contributed by atoms with van der Waals surface area (Å²) in [5, 5.41) is 0. The second kappa shape index (κ2) is 4.89. The van der Waals surface area contributed by atoms with Gasteiger partial charge in [-0.2, -0.15) is 0 Å². The minimum Gasteiger partial charge on any atom is -0.332 e. The number of carbonyl (C=O) groups is 1. The topological polar surface area (TPSA) is 46.3 Å². The summed E-state index contributed by atoms with van der Waals surface area (Å²) in [4.78, 5) is 14.1. The molecular weight excluding hydrogens is 250 g/mol. The van der Waals surface area contributed by atoms with E-state index in [1.807, 2.05) is 13.8 Å². The van der Waals surface area contributed by atoms with Crippen LogP contribution < -0.4 is 5.73 Å². The maximum atomic E-state index is 13.2. The van der Waals surface area contributed by atoms with Gasteiger partial charge in [-0.05, 0) is 44.9 Å². The van der Waals surface area contributed by atoms with Crippen LogP contribution in [0, 0.1) is 11.6 Å². The van der Waals surface area contributed by atoms with Crippen molar-refractivity contribution in [2.75, 3.05) is 6.54 Å². The number of benzene rings is 1. The van der Waals surface area contributed by atoms with Gasteiger partial charge in [0.05, 0.1) is 0 Å². The van der Waals surface area contributed by atoms with Crippen LogP contribution in [0.1, 0.15) is 37.0 Å². The van der Waals surface area contributed by atoms with E-state index in [-0.39, 0.29) is 23.1 Å². The molecule has 5 heteroatoms.